The molecule has 0 spiro atoms. The van der Waals surface area contributed by atoms with Crippen LogP contribution in [-0.2, 0) is 11.3 Å². The summed E-state index contributed by atoms with van der Waals surface area (Å²) in [6, 6.07) is 1.95. The number of carbonyl (C=O) groups excluding carboxylic acids is 1. The standard InChI is InChI=1S/C18H28N6O2/c1-12-14(11-24-8-6-20-7-9-24)10-15(13(2)16(12)22-23-19)21-17(25)26-18(3,4)5/h10,20H,6-9,11H2,1-5H3,(H,21,25). The van der Waals surface area contributed by atoms with Crippen LogP contribution >= 0.6 is 0 Å². The number of nitrogens with zero attached hydrogens (tertiary/aromatic N) is 4. The van der Waals surface area contributed by atoms with Crippen LogP contribution in [0, 0.1) is 13.8 Å². The third-order valence-electron chi connectivity index (χ3n) is 4.30. The van der Waals surface area contributed by atoms with Gasteiger partial charge in [0.05, 0.1) is 0 Å². The van der Waals surface area contributed by atoms with E-state index >= 15 is 0 Å². The highest BCUT2D eigenvalue weighted by atomic mass is 16.6. The number of hydrogen-bond donors (Lipinski definition) is 2. The van der Waals surface area contributed by atoms with Gasteiger partial charge in [0.15, 0.2) is 0 Å². The summed E-state index contributed by atoms with van der Waals surface area (Å²) in [6.07, 6.45) is -0.524. The Morgan fingerprint density at radius 1 is 1.35 bits per heavy atom. The van der Waals surface area contributed by atoms with Gasteiger partial charge in [-0.15, -0.1) is 0 Å². The molecule has 0 atom stereocenters. The number of azide groups is 1. The molecule has 1 amide bonds. The fraction of sp³-hybridized carbons (Fsp3) is 0.611. The monoisotopic (exact) mass is 360 g/mol. The molecule has 1 aliphatic heterocycles. The second-order valence-electron chi connectivity index (χ2n) is 7.52. The SMILES string of the molecule is Cc1c(CN2CCNCC2)cc(NC(=O)OC(C)(C)C)c(C)c1N=[N+]=[N-]. The molecule has 1 saturated heterocycles. The summed E-state index contributed by atoms with van der Waals surface area (Å²) in [6.45, 7) is 13.8. The summed E-state index contributed by atoms with van der Waals surface area (Å²) in [5.41, 5.74) is 12.2. The number of amides is 1. The molecule has 0 aliphatic carbocycles. The van der Waals surface area contributed by atoms with Crippen LogP contribution in [0.5, 0.6) is 0 Å². The number of hydrogen-bond acceptors (Lipinski definition) is 5. The molecule has 1 aromatic carbocycles. The summed E-state index contributed by atoms with van der Waals surface area (Å²) in [7, 11) is 0. The first-order valence-corrected chi connectivity index (χ1v) is 8.82. The van der Waals surface area contributed by atoms with Gasteiger partial charge in [-0.1, -0.05) is 5.11 Å². The van der Waals surface area contributed by atoms with Crippen LogP contribution in [0.4, 0.5) is 16.2 Å². The molecule has 2 N–H and O–H groups in total. The number of nitrogens with one attached hydrogen (secondary N) is 2. The van der Waals surface area contributed by atoms with E-state index < -0.39 is 11.7 Å². The van der Waals surface area contributed by atoms with Crippen LogP contribution in [-0.4, -0.2) is 42.8 Å². The Kier molecular flexibility index (Phi) is 6.47. The molecule has 0 aromatic heterocycles. The lowest BCUT2D eigenvalue weighted by Gasteiger charge is -2.28. The minimum atomic E-state index is -0.583. The second-order valence-corrected chi connectivity index (χ2v) is 7.52. The molecule has 2 rings (SSSR count). The number of benzene rings is 1. The fourth-order valence-electron chi connectivity index (χ4n) is 2.96. The predicted molar refractivity (Wildman–Crippen MR) is 103 cm³/mol. The molecule has 0 unspecified atom stereocenters. The minimum Gasteiger partial charge on any atom is -0.444 e. The quantitative estimate of drug-likeness (QED) is 0.481. The van der Waals surface area contributed by atoms with Crippen molar-refractivity contribution < 1.29 is 9.53 Å². The van der Waals surface area contributed by atoms with Gasteiger partial charge in [0.25, 0.3) is 0 Å². The molecule has 1 aromatic rings. The highest BCUT2D eigenvalue weighted by molar-refractivity contribution is 5.88. The smallest absolute Gasteiger partial charge is 0.412 e. The van der Waals surface area contributed by atoms with Crippen molar-refractivity contribution in [3.05, 3.63) is 33.2 Å². The number of carbonyl (C=O) groups is 1. The maximum atomic E-state index is 12.2. The van der Waals surface area contributed by atoms with E-state index in [4.69, 9.17) is 10.3 Å². The second kappa shape index (κ2) is 8.40. The van der Waals surface area contributed by atoms with Gasteiger partial charge in [-0.2, -0.15) is 0 Å². The largest absolute Gasteiger partial charge is 0.444 e. The highest BCUT2D eigenvalue weighted by Crippen LogP contribution is 2.34. The van der Waals surface area contributed by atoms with E-state index in [1.807, 2.05) is 40.7 Å². The highest BCUT2D eigenvalue weighted by Gasteiger charge is 2.20. The predicted octanol–water partition coefficient (Wildman–Crippen LogP) is 4.00. The normalized spacial score (nSPS) is 15.3. The summed E-state index contributed by atoms with van der Waals surface area (Å²) < 4.78 is 5.34. The molecule has 1 aliphatic rings. The van der Waals surface area contributed by atoms with E-state index in [0.717, 1.165) is 49.4 Å². The number of ether oxygens (including phenoxy) is 1. The number of rotatable bonds is 4. The first-order chi connectivity index (χ1) is 12.2. The van der Waals surface area contributed by atoms with Crippen molar-refractivity contribution in [1.82, 2.24) is 10.2 Å². The van der Waals surface area contributed by atoms with Gasteiger partial charge in [0, 0.05) is 49.0 Å². The molecule has 26 heavy (non-hydrogen) atoms. The van der Waals surface area contributed by atoms with Gasteiger partial charge in [-0.05, 0) is 62.9 Å². The third-order valence-corrected chi connectivity index (χ3v) is 4.30. The molecule has 142 valence electrons. The number of anilines is 1. The molecule has 0 radical (unpaired) electrons. The van der Waals surface area contributed by atoms with Gasteiger partial charge in [0.2, 0.25) is 0 Å². The van der Waals surface area contributed by atoms with E-state index in [1.165, 1.54) is 0 Å². The van der Waals surface area contributed by atoms with Crippen molar-refractivity contribution in [2.24, 2.45) is 5.11 Å². The average molecular weight is 360 g/mol. The van der Waals surface area contributed by atoms with E-state index in [2.05, 4.69) is 25.6 Å². The van der Waals surface area contributed by atoms with E-state index in [1.54, 1.807) is 0 Å². The fourth-order valence-corrected chi connectivity index (χ4v) is 2.96. The van der Waals surface area contributed by atoms with Crippen molar-refractivity contribution in [3.63, 3.8) is 0 Å². The Morgan fingerprint density at radius 2 is 2.00 bits per heavy atom. The van der Waals surface area contributed by atoms with Crippen molar-refractivity contribution >= 4 is 17.5 Å². The van der Waals surface area contributed by atoms with Crippen LogP contribution in [0.25, 0.3) is 10.4 Å². The van der Waals surface area contributed by atoms with Gasteiger partial charge >= 0.3 is 6.09 Å². The lowest BCUT2D eigenvalue weighted by atomic mass is 10.00. The summed E-state index contributed by atoms with van der Waals surface area (Å²) >= 11 is 0. The Balaban J connectivity index is 2.33. The average Bonchev–Trinajstić information content (AvgIpc) is 2.55. The van der Waals surface area contributed by atoms with Crippen molar-refractivity contribution in [3.8, 4) is 0 Å². The number of piperazine rings is 1. The zero-order valence-corrected chi connectivity index (χ0v) is 16.2. The van der Waals surface area contributed by atoms with Crippen LogP contribution in [0.3, 0.4) is 0 Å². The van der Waals surface area contributed by atoms with Gasteiger partial charge < -0.3 is 10.1 Å². The topological polar surface area (TPSA) is 102 Å². The first-order valence-electron chi connectivity index (χ1n) is 8.82. The van der Waals surface area contributed by atoms with Gasteiger partial charge in [-0.25, -0.2) is 4.79 Å². The van der Waals surface area contributed by atoms with E-state index in [-0.39, 0.29) is 0 Å². The zero-order chi connectivity index (χ0) is 19.3. The van der Waals surface area contributed by atoms with Crippen LogP contribution in [0.1, 0.15) is 37.5 Å². The Bertz CT molecular complexity index is 713. The summed E-state index contributed by atoms with van der Waals surface area (Å²) in [5, 5.41) is 9.99. The molecule has 8 heteroatoms. The zero-order valence-electron chi connectivity index (χ0n) is 16.2. The lowest BCUT2D eigenvalue weighted by Crippen LogP contribution is -2.43. The first kappa shape index (κ1) is 20.0. The molecule has 0 saturated carbocycles. The minimum absolute atomic E-state index is 0.524. The molecular weight excluding hydrogens is 332 g/mol. The molecular formula is C18H28N6O2. The van der Waals surface area contributed by atoms with E-state index in [0.29, 0.717) is 11.4 Å². The van der Waals surface area contributed by atoms with Crippen LogP contribution in [0.15, 0.2) is 11.2 Å². The lowest BCUT2D eigenvalue weighted by molar-refractivity contribution is 0.0636. The van der Waals surface area contributed by atoms with E-state index in [9.17, 15) is 4.79 Å². The van der Waals surface area contributed by atoms with Crippen LogP contribution < -0.4 is 10.6 Å². The summed E-state index contributed by atoms with van der Waals surface area (Å²) in [5.74, 6) is 0. The Hall–Kier alpha value is -2.28. The van der Waals surface area contributed by atoms with Crippen molar-refractivity contribution in [1.29, 1.82) is 0 Å². The van der Waals surface area contributed by atoms with Crippen molar-refractivity contribution in [2.45, 2.75) is 46.8 Å². The van der Waals surface area contributed by atoms with Gasteiger partial charge in [0.1, 0.15) is 5.60 Å². The summed E-state index contributed by atoms with van der Waals surface area (Å²) in [4.78, 5) is 17.5. The molecule has 1 heterocycles. The van der Waals surface area contributed by atoms with Gasteiger partial charge in [-0.3, -0.25) is 10.2 Å². The van der Waals surface area contributed by atoms with Crippen LogP contribution in [0.2, 0.25) is 0 Å². The maximum absolute atomic E-state index is 12.2. The maximum Gasteiger partial charge on any atom is 0.412 e. The Morgan fingerprint density at radius 3 is 2.58 bits per heavy atom. The Labute approximate surface area is 154 Å². The third kappa shape index (κ3) is 5.36. The molecule has 1 fully saturated rings. The van der Waals surface area contributed by atoms with Crippen molar-refractivity contribution in [2.75, 3.05) is 31.5 Å². The molecule has 0 bridgehead atoms. The molecule has 8 nitrogen and oxygen atoms in total.